The Kier molecular flexibility index (Phi) is 5.25. The van der Waals surface area contributed by atoms with Gasteiger partial charge in [-0.3, -0.25) is 14.5 Å². The number of rotatable bonds is 6. The molecule has 6 heteroatoms. The molecule has 4 rings (SSSR count). The van der Waals surface area contributed by atoms with Crippen molar-refractivity contribution in [2.24, 2.45) is 11.8 Å². The largest absolute Gasteiger partial charge is 0.455 e. The number of nitrogens with zero attached hydrogens (tertiary/aromatic N) is 2. The Bertz CT molecular complexity index is 810. The van der Waals surface area contributed by atoms with E-state index in [-0.39, 0.29) is 24.4 Å². The molecule has 0 spiro atoms. The van der Waals surface area contributed by atoms with E-state index in [1.165, 1.54) is 11.3 Å². The summed E-state index contributed by atoms with van der Waals surface area (Å²) in [5.74, 6) is -0.133. The minimum Gasteiger partial charge on any atom is -0.455 e. The highest BCUT2D eigenvalue weighted by Crippen LogP contribution is 2.38. The molecule has 142 valence electrons. The Morgan fingerprint density at radius 2 is 1.96 bits per heavy atom. The highest BCUT2D eigenvalue weighted by Gasteiger charge is 2.41. The highest BCUT2D eigenvalue weighted by molar-refractivity contribution is 7.15. The number of carbonyl (C=O) groups is 2. The zero-order chi connectivity index (χ0) is 18.8. The lowest BCUT2D eigenvalue weighted by Gasteiger charge is -2.20. The van der Waals surface area contributed by atoms with Gasteiger partial charge in [-0.15, -0.1) is 11.3 Å². The lowest BCUT2D eigenvalue weighted by molar-refractivity contribution is -0.149. The number of aryl methyl sites for hydroxylation is 2. The Morgan fingerprint density at radius 3 is 2.67 bits per heavy atom. The molecule has 5 nitrogen and oxygen atoms in total. The average molecular weight is 385 g/mol. The molecule has 2 aliphatic rings. The first-order valence-corrected chi connectivity index (χ1v) is 10.4. The van der Waals surface area contributed by atoms with Gasteiger partial charge in [-0.25, -0.2) is 4.98 Å². The molecule has 0 saturated heterocycles. The normalized spacial score (nSPS) is 20.6. The van der Waals surface area contributed by atoms with Crippen LogP contribution in [0.25, 0.3) is 0 Å². The summed E-state index contributed by atoms with van der Waals surface area (Å²) < 4.78 is 5.29. The third-order valence-corrected chi connectivity index (χ3v) is 6.48. The molecule has 2 aromatic rings. The summed E-state index contributed by atoms with van der Waals surface area (Å²) in [5, 5.41) is 0.714. The van der Waals surface area contributed by atoms with E-state index in [2.05, 4.69) is 0 Å². The van der Waals surface area contributed by atoms with Crippen molar-refractivity contribution in [3.05, 3.63) is 46.5 Å². The van der Waals surface area contributed by atoms with Gasteiger partial charge in [0.15, 0.2) is 11.7 Å². The Morgan fingerprint density at radius 1 is 1.22 bits per heavy atom. The quantitative estimate of drug-likeness (QED) is 0.712. The monoisotopic (exact) mass is 384 g/mol. The number of benzene rings is 1. The molecule has 2 aliphatic carbocycles. The number of hydrogen-bond acceptors (Lipinski definition) is 5. The maximum Gasteiger partial charge on any atom is 0.309 e. The molecular weight excluding hydrogens is 360 g/mol. The molecule has 0 N–H and O–H groups in total. The maximum absolute atomic E-state index is 12.9. The predicted octanol–water partition coefficient (Wildman–Crippen LogP) is 3.75. The van der Waals surface area contributed by atoms with Gasteiger partial charge in [-0.2, -0.15) is 0 Å². The smallest absolute Gasteiger partial charge is 0.309 e. The first-order chi connectivity index (χ1) is 13.1. The molecule has 1 saturated carbocycles. The minimum atomic E-state index is -0.256. The van der Waals surface area contributed by atoms with E-state index in [1.54, 1.807) is 16.2 Å². The molecule has 27 heavy (non-hydrogen) atoms. The lowest BCUT2D eigenvalue weighted by atomic mass is 10.0. The molecule has 0 bridgehead atoms. The summed E-state index contributed by atoms with van der Waals surface area (Å²) in [6.07, 6.45) is 5.21. The maximum atomic E-state index is 12.9. The fraction of sp³-hybridized carbons (Fsp3) is 0.476. The second-order valence-electron chi connectivity index (χ2n) is 7.47. The summed E-state index contributed by atoms with van der Waals surface area (Å²) in [6.45, 7) is 2.23. The van der Waals surface area contributed by atoms with Crippen LogP contribution in [0.2, 0.25) is 0 Å². The zero-order valence-corrected chi connectivity index (χ0v) is 16.3. The third-order valence-electron chi connectivity index (χ3n) is 5.30. The van der Waals surface area contributed by atoms with Crippen LogP contribution >= 0.6 is 11.3 Å². The Labute approximate surface area is 163 Å². The fourth-order valence-corrected chi connectivity index (χ4v) is 4.62. The van der Waals surface area contributed by atoms with Gasteiger partial charge in [-0.05, 0) is 43.6 Å². The molecule has 1 heterocycles. The van der Waals surface area contributed by atoms with Crippen molar-refractivity contribution in [1.29, 1.82) is 0 Å². The summed E-state index contributed by atoms with van der Waals surface area (Å²) >= 11 is 1.60. The molecule has 1 aromatic carbocycles. The van der Waals surface area contributed by atoms with E-state index in [4.69, 9.17) is 9.72 Å². The SMILES string of the molecule is C[C@@H]1C[C@@H]1C(=O)OCC(=O)N(Cc1ccccc1)c1nc2c(s1)CCCC2. The number of ether oxygens (including phenoxy) is 1. The van der Waals surface area contributed by atoms with Gasteiger partial charge in [0.05, 0.1) is 18.2 Å². The van der Waals surface area contributed by atoms with Crippen molar-refractivity contribution in [2.45, 2.75) is 45.6 Å². The van der Waals surface area contributed by atoms with E-state index < -0.39 is 0 Å². The standard InChI is InChI=1S/C21H24N2O3S/c1-14-11-16(14)20(25)26-13-19(24)23(12-15-7-3-2-4-8-15)21-22-17-9-5-6-10-18(17)27-21/h2-4,7-8,14,16H,5-6,9-13H2,1H3/t14-,16+/m1/s1. The van der Waals surface area contributed by atoms with Gasteiger partial charge in [0, 0.05) is 4.88 Å². The van der Waals surface area contributed by atoms with Gasteiger partial charge in [0.2, 0.25) is 0 Å². The van der Waals surface area contributed by atoms with E-state index in [9.17, 15) is 9.59 Å². The molecule has 1 fully saturated rings. The minimum absolute atomic E-state index is 0.0347. The number of aromatic nitrogens is 1. The lowest BCUT2D eigenvalue weighted by Crippen LogP contribution is -2.34. The highest BCUT2D eigenvalue weighted by atomic mass is 32.1. The van der Waals surface area contributed by atoms with Crippen molar-refractivity contribution in [3.8, 4) is 0 Å². The van der Waals surface area contributed by atoms with Crippen molar-refractivity contribution in [2.75, 3.05) is 11.5 Å². The van der Waals surface area contributed by atoms with E-state index in [0.717, 1.165) is 36.9 Å². The first-order valence-electron chi connectivity index (χ1n) is 9.61. The van der Waals surface area contributed by atoms with Crippen LogP contribution in [0.1, 0.15) is 42.3 Å². The third kappa shape index (κ3) is 4.21. The van der Waals surface area contributed by atoms with Crippen molar-refractivity contribution >= 4 is 28.3 Å². The number of anilines is 1. The van der Waals surface area contributed by atoms with E-state index >= 15 is 0 Å². The molecule has 0 radical (unpaired) electrons. The molecule has 1 amide bonds. The Balaban J connectivity index is 1.51. The number of fused-ring (bicyclic) bond motifs is 1. The molecule has 1 aromatic heterocycles. The summed E-state index contributed by atoms with van der Waals surface area (Å²) in [4.78, 5) is 32.6. The van der Waals surface area contributed by atoms with Crippen LogP contribution in [0.5, 0.6) is 0 Å². The number of hydrogen-bond donors (Lipinski definition) is 0. The van der Waals surface area contributed by atoms with Gasteiger partial charge in [-0.1, -0.05) is 37.3 Å². The van der Waals surface area contributed by atoms with Crippen LogP contribution in [0.15, 0.2) is 30.3 Å². The van der Waals surface area contributed by atoms with Gasteiger partial charge in [0.25, 0.3) is 5.91 Å². The summed E-state index contributed by atoms with van der Waals surface area (Å²) in [6, 6.07) is 9.85. The second-order valence-corrected chi connectivity index (χ2v) is 8.53. The van der Waals surface area contributed by atoms with Crippen LogP contribution in [0.4, 0.5) is 5.13 Å². The number of esters is 1. The zero-order valence-electron chi connectivity index (χ0n) is 15.5. The van der Waals surface area contributed by atoms with Crippen LogP contribution < -0.4 is 4.90 Å². The van der Waals surface area contributed by atoms with Gasteiger partial charge >= 0.3 is 5.97 Å². The van der Waals surface area contributed by atoms with Crippen molar-refractivity contribution in [3.63, 3.8) is 0 Å². The first kappa shape index (κ1) is 18.2. The number of carbonyl (C=O) groups excluding carboxylic acids is 2. The fourth-order valence-electron chi connectivity index (χ4n) is 3.45. The van der Waals surface area contributed by atoms with Crippen LogP contribution in [0.3, 0.4) is 0 Å². The molecule has 0 unspecified atom stereocenters. The number of amides is 1. The molecule has 2 atom stereocenters. The Hall–Kier alpha value is -2.21. The summed E-state index contributed by atoms with van der Waals surface area (Å²) in [5.41, 5.74) is 2.15. The van der Waals surface area contributed by atoms with Gasteiger partial charge < -0.3 is 4.74 Å². The van der Waals surface area contributed by atoms with Crippen molar-refractivity contribution in [1.82, 2.24) is 4.98 Å². The molecular formula is C21H24N2O3S. The van der Waals surface area contributed by atoms with Crippen molar-refractivity contribution < 1.29 is 14.3 Å². The van der Waals surface area contributed by atoms with E-state index in [0.29, 0.717) is 17.6 Å². The number of thiazole rings is 1. The second kappa shape index (κ2) is 7.80. The average Bonchev–Trinajstić information content (AvgIpc) is 3.27. The van der Waals surface area contributed by atoms with E-state index in [1.807, 2.05) is 37.3 Å². The van der Waals surface area contributed by atoms with Crippen LogP contribution in [0, 0.1) is 11.8 Å². The summed E-state index contributed by atoms with van der Waals surface area (Å²) in [7, 11) is 0. The van der Waals surface area contributed by atoms with Crippen LogP contribution in [-0.4, -0.2) is 23.5 Å². The van der Waals surface area contributed by atoms with Crippen LogP contribution in [-0.2, 0) is 33.7 Å². The topological polar surface area (TPSA) is 59.5 Å². The van der Waals surface area contributed by atoms with Gasteiger partial charge in [0.1, 0.15) is 0 Å². The predicted molar refractivity (Wildman–Crippen MR) is 105 cm³/mol. The molecule has 0 aliphatic heterocycles.